The average Bonchev–Trinajstić information content (AvgIpc) is 2.36. The van der Waals surface area contributed by atoms with E-state index in [1.165, 1.54) is 0 Å². The third-order valence-electron chi connectivity index (χ3n) is 1.59. The van der Waals surface area contributed by atoms with Crippen molar-refractivity contribution in [2.75, 3.05) is 0 Å². The molecule has 0 aliphatic carbocycles. The number of ether oxygens (including phenoxy) is 1. The van der Waals surface area contributed by atoms with Crippen LogP contribution in [0, 0.1) is 6.92 Å². The number of rotatable bonds is 2. The van der Waals surface area contributed by atoms with Crippen LogP contribution in [0.25, 0.3) is 0 Å². The summed E-state index contributed by atoms with van der Waals surface area (Å²) in [4.78, 5) is 12.0. The highest BCUT2D eigenvalue weighted by molar-refractivity contribution is 5.15. The van der Waals surface area contributed by atoms with Crippen molar-refractivity contribution in [3.63, 3.8) is 0 Å². The first-order valence-corrected chi connectivity index (χ1v) is 5.22. The van der Waals surface area contributed by atoms with Gasteiger partial charge < -0.3 is 4.74 Å². The molecule has 0 aliphatic rings. The molecule has 0 radical (unpaired) electrons. The van der Waals surface area contributed by atoms with Crippen molar-refractivity contribution < 1.29 is 4.74 Å². The van der Waals surface area contributed by atoms with E-state index in [-0.39, 0.29) is 0 Å². The molecule has 0 N–H and O–H groups in total. The van der Waals surface area contributed by atoms with Gasteiger partial charge in [-0.1, -0.05) is 19.9 Å². The van der Waals surface area contributed by atoms with Crippen LogP contribution in [0.4, 0.5) is 0 Å². The molecule has 0 aliphatic heterocycles. The van der Waals surface area contributed by atoms with Gasteiger partial charge in [-0.2, -0.15) is 0 Å². The molecule has 0 spiro atoms. The lowest BCUT2D eigenvalue weighted by Gasteiger charge is -2.00. The van der Waals surface area contributed by atoms with Gasteiger partial charge in [-0.25, -0.2) is 15.0 Å². The second-order valence-corrected chi connectivity index (χ2v) is 2.81. The van der Waals surface area contributed by atoms with Crippen molar-refractivity contribution in [1.82, 2.24) is 15.0 Å². The fourth-order valence-electron chi connectivity index (χ4n) is 0.934. The normalized spacial score (nSPS) is 8.94. The van der Waals surface area contributed by atoms with E-state index in [0.29, 0.717) is 11.9 Å². The fraction of sp³-hybridized carbons (Fsp3) is 0.250. The van der Waals surface area contributed by atoms with Crippen LogP contribution >= 0.6 is 0 Å². The van der Waals surface area contributed by atoms with E-state index in [4.69, 9.17) is 4.74 Å². The Kier molecular flexibility index (Phi) is 4.92. The molecule has 2 rings (SSSR count). The monoisotopic (exact) mass is 217 g/mol. The van der Waals surface area contributed by atoms with Crippen LogP contribution < -0.4 is 4.74 Å². The van der Waals surface area contributed by atoms with E-state index in [0.717, 1.165) is 5.56 Å². The van der Waals surface area contributed by atoms with Crippen molar-refractivity contribution in [2.24, 2.45) is 0 Å². The summed E-state index contributed by atoms with van der Waals surface area (Å²) in [6.45, 7) is 5.92. The molecule has 0 fully saturated rings. The van der Waals surface area contributed by atoms with Crippen molar-refractivity contribution in [1.29, 1.82) is 0 Å². The van der Waals surface area contributed by atoms with Crippen LogP contribution in [0.3, 0.4) is 0 Å². The molecule has 0 unspecified atom stereocenters. The molecule has 0 saturated heterocycles. The van der Waals surface area contributed by atoms with Crippen molar-refractivity contribution in [3.05, 3.63) is 42.4 Å². The second kappa shape index (κ2) is 6.50. The van der Waals surface area contributed by atoms with Gasteiger partial charge in [0.25, 0.3) is 0 Å². The topological polar surface area (TPSA) is 47.9 Å². The third kappa shape index (κ3) is 3.65. The van der Waals surface area contributed by atoms with Crippen molar-refractivity contribution in [3.8, 4) is 11.9 Å². The van der Waals surface area contributed by atoms with Gasteiger partial charge in [0.05, 0.1) is 0 Å². The Bertz CT molecular complexity index is 400. The van der Waals surface area contributed by atoms with E-state index in [9.17, 15) is 0 Å². The first-order chi connectivity index (χ1) is 7.84. The SMILES string of the molecule is CC.Cc1cnc(Oc2ccccn2)nc1. The summed E-state index contributed by atoms with van der Waals surface area (Å²) in [7, 11) is 0. The van der Waals surface area contributed by atoms with Crippen LogP contribution in [0.2, 0.25) is 0 Å². The highest BCUT2D eigenvalue weighted by atomic mass is 16.5. The quantitative estimate of drug-likeness (QED) is 0.775. The van der Waals surface area contributed by atoms with E-state index in [1.54, 1.807) is 24.7 Å². The Morgan fingerprint density at radius 2 is 1.69 bits per heavy atom. The van der Waals surface area contributed by atoms with Gasteiger partial charge in [0.15, 0.2) is 0 Å². The van der Waals surface area contributed by atoms with Gasteiger partial charge in [0.1, 0.15) is 0 Å². The van der Waals surface area contributed by atoms with E-state index < -0.39 is 0 Å². The standard InChI is InChI=1S/C10H9N3O.C2H6/c1-8-6-12-10(13-7-8)14-9-4-2-3-5-11-9;1-2/h2-7H,1H3;1-2H3. The molecule has 4 nitrogen and oxygen atoms in total. The molecule has 0 amide bonds. The van der Waals surface area contributed by atoms with Gasteiger partial charge in [-0.15, -0.1) is 0 Å². The molecule has 0 aromatic carbocycles. The van der Waals surface area contributed by atoms with Crippen molar-refractivity contribution >= 4 is 0 Å². The van der Waals surface area contributed by atoms with Crippen LogP contribution in [-0.4, -0.2) is 15.0 Å². The lowest BCUT2D eigenvalue weighted by atomic mass is 10.4. The van der Waals surface area contributed by atoms with Gasteiger partial charge >= 0.3 is 6.01 Å². The van der Waals surface area contributed by atoms with Crippen LogP contribution in [0.1, 0.15) is 19.4 Å². The molecule has 0 atom stereocenters. The summed E-state index contributed by atoms with van der Waals surface area (Å²) < 4.78 is 5.30. The third-order valence-corrected chi connectivity index (χ3v) is 1.59. The molecule has 0 bridgehead atoms. The number of aryl methyl sites for hydroxylation is 1. The summed E-state index contributed by atoms with van der Waals surface area (Å²) in [5, 5.41) is 0. The molecular weight excluding hydrogens is 202 g/mol. The molecule has 16 heavy (non-hydrogen) atoms. The largest absolute Gasteiger partial charge is 0.405 e. The molecule has 84 valence electrons. The second-order valence-electron chi connectivity index (χ2n) is 2.81. The lowest BCUT2D eigenvalue weighted by molar-refractivity contribution is 0.424. The number of pyridine rings is 1. The van der Waals surface area contributed by atoms with E-state index in [2.05, 4.69) is 15.0 Å². The van der Waals surface area contributed by atoms with Gasteiger partial charge in [0.2, 0.25) is 5.88 Å². The maximum Gasteiger partial charge on any atom is 0.323 e. The first-order valence-electron chi connectivity index (χ1n) is 5.22. The fourth-order valence-corrected chi connectivity index (χ4v) is 0.934. The maximum atomic E-state index is 5.30. The van der Waals surface area contributed by atoms with Crippen LogP contribution in [-0.2, 0) is 0 Å². The van der Waals surface area contributed by atoms with E-state index >= 15 is 0 Å². The molecule has 4 heteroatoms. The van der Waals surface area contributed by atoms with Crippen LogP contribution in [0.5, 0.6) is 11.9 Å². The molecule has 2 aromatic rings. The summed E-state index contributed by atoms with van der Waals surface area (Å²) in [6, 6.07) is 5.73. The first kappa shape index (κ1) is 12.1. The minimum Gasteiger partial charge on any atom is -0.405 e. The smallest absolute Gasteiger partial charge is 0.323 e. The molecule has 2 aromatic heterocycles. The Balaban J connectivity index is 0.000000606. The van der Waals surface area contributed by atoms with E-state index in [1.807, 2.05) is 32.9 Å². The summed E-state index contributed by atoms with van der Waals surface area (Å²) in [5.41, 5.74) is 0.998. The Labute approximate surface area is 95.4 Å². The Morgan fingerprint density at radius 1 is 1.00 bits per heavy atom. The lowest BCUT2D eigenvalue weighted by Crippen LogP contribution is -1.92. The highest BCUT2D eigenvalue weighted by Crippen LogP contribution is 2.12. The van der Waals surface area contributed by atoms with Gasteiger partial charge in [0, 0.05) is 24.7 Å². The Morgan fingerprint density at radius 3 is 2.25 bits per heavy atom. The van der Waals surface area contributed by atoms with Crippen molar-refractivity contribution in [2.45, 2.75) is 20.8 Å². The zero-order chi connectivity index (χ0) is 11.8. The predicted octanol–water partition coefficient (Wildman–Crippen LogP) is 3.00. The zero-order valence-electron chi connectivity index (χ0n) is 9.71. The minimum absolute atomic E-state index is 0.314. The summed E-state index contributed by atoms with van der Waals surface area (Å²) in [5.74, 6) is 0.497. The number of hydrogen-bond acceptors (Lipinski definition) is 4. The minimum atomic E-state index is 0.314. The number of aromatic nitrogens is 3. The molecule has 2 heterocycles. The predicted molar refractivity (Wildman–Crippen MR) is 62.4 cm³/mol. The number of nitrogens with zero attached hydrogens (tertiary/aromatic N) is 3. The highest BCUT2D eigenvalue weighted by Gasteiger charge is 1.98. The average molecular weight is 217 g/mol. The number of hydrogen-bond donors (Lipinski definition) is 0. The van der Waals surface area contributed by atoms with Gasteiger partial charge in [-0.05, 0) is 18.6 Å². The molecule has 0 saturated carbocycles. The zero-order valence-corrected chi connectivity index (χ0v) is 9.71. The Hall–Kier alpha value is -1.97. The summed E-state index contributed by atoms with van der Waals surface area (Å²) in [6.07, 6.45) is 5.06. The van der Waals surface area contributed by atoms with Gasteiger partial charge in [-0.3, -0.25) is 0 Å². The summed E-state index contributed by atoms with van der Waals surface area (Å²) >= 11 is 0. The van der Waals surface area contributed by atoms with Crippen LogP contribution in [0.15, 0.2) is 36.8 Å². The maximum absolute atomic E-state index is 5.30. The molecular formula is C12H15N3O.